The molecule has 2 heterocycles. The van der Waals surface area contributed by atoms with Gasteiger partial charge in [-0.3, -0.25) is 4.79 Å². The van der Waals surface area contributed by atoms with Crippen LogP contribution in [0.2, 0.25) is 5.02 Å². The van der Waals surface area contributed by atoms with E-state index in [1.807, 2.05) is 24.3 Å². The van der Waals surface area contributed by atoms with Gasteiger partial charge in [0.15, 0.2) is 5.69 Å². The first-order valence-corrected chi connectivity index (χ1v) is 11.5. The number of carbonyl (C=O) groups is 1. The first-order valence-electron chi connectivity index (χ1n) is 11.1. The summed E-state index contributed by atoms with van der Waals surface area (Å²) in [7, 11) is 0. The quantitative estimate of drug-likeness (QED) is 0.610. The molecular formula is C25H23ClFN5O. The molecule has 168 valence electrons. The monoisotopic (exact) mass is 463 g/mol. The van der Waals surface area contributed by atoms with Crippen LogP contribution in [-0.4, -0.2) is 39.7 Å². The van der Waals surface area contributed by atoms with Gasteiger partial charge in [-0.25, -0.2) is 9.07 Å². The van der Waals surface area contributed by atoms with E-state index in [9.17, 15) is 9.18 Å². The summed E-state index contributed by atoms with van der Waals surface area (Å²) in [6, 6.07) is 13.6. The molecule has 2 fully saturated rings. The molecule has 1 aliphatic heterocycles. The third-order valence-corrected chi connectivity index (χ3v) is 6.61. The number of benzene rings is 2. The zero-order chi connectivity index (χ0) is 23.1. The molecule has 1 aliphatic carbocycles. The van der Waals surface area contributed by atoms with E-state index in [1.165, 1.54) is 17.7 Å². The number of amides is 1. The Bertz CT molecular complexity index is 1280. The van der Waals surface area contributed by atoms with Crippen molar-refractivity contribution in [2.24, 2.45) is 5.73 Å². The van der Waals surface area contributed by atoms with Gasteiger partial charge in [0.1, 0.15) is 11.9 Å². The minimum absolute atomic E-state index is 0.0461. The van der Waals surface area contributed by atoms with Gasteiger partial charge in [-0.05, 0) is 67.5 Å². The zero-order valence-electron chi connectivity index (χ0n) is 18.0. The third-order valence-electron chi connectivity index (χ3n) is 6.31. The lowest BCUT2D eigenvalue weighted by atomic mass is 10.1. The fraction of sp³-hybridized carbons (Fsp3) is 0.320. The van der Waals surface area contributed by atoms with Crippen molar-refractivity contribution in [1.29, 1.82) is 5.26 Å². The molecule has 2 aromatic carbocycles. The van der Waals surface area contributed by atoms with Crippen molar-refractivity contribution in [3.63, 3.8) is 0 Å². The van der Waals surface area contributed by atoms with Crippen LogP contribution in [0.15, 0.2) is 42.5 Å². The van der Waals surface area contributed by atoms with Crippen LogP contribution in [0.1, 0.15) is 53.2 Å². The Balaban J connectivity index is 1.60. The van der Waals surface area contributed by atoms with Gasteiger partial charge in [0.2, 0.25) is 0 Å². The number of rotatable bonds is 4. The zero-order valence-corrected chi connectivity index (χ0v) is 18.7. The molecule has 2 aliphatic rings. The second kappa shape index (κ2) is 8.62. The molecule has 0 bridgehead atoms. The van der Waals surface area contributed by atoms with Gasteiger partial charge in [-0.1, -0.05) is 23.7 Å². The van der Waals surface area contributed by atoms with Gasteiger partial charge in [-0.15, -0.1) is 0 Å². The average Bonchev–Trinajstić information content (AvgIpc) is 3.57. The Morgan fingerprint density at radius 3 is 2.67 bits per heavy atom. The number of aromatic nitrogens is 2. The van der Waals surface area contributed by atoms with Crippen molar-refractivity contribution in [2.75, 3.05) is 13.1 Å². The Labute approximate surface area is 196 Å². The van der Waals surface area contributed by atoms with Crippen molar-refractivity contribution in [1.82, 2.24) is 14.7 Å². The molecular weight excluding hydrogens is 441 g/mol. The number of nitrogens with zero attached hydrogens (tertiary/aromatic N) is 4. The summed E-state index contributed by atoms with van der Waals surface area (Å²) in [5, 5.41) is 14.2. The van der Waals surface area contributed by atoms with Crippen molar-refractivity contribution in [2.45, 2.75) is 37.6 Å². The lowest BCUT2D eigenvalue weighted by Gasteiger charge is -2.30. The van der Waals surface area contributed by atoms with Crippen molar-refractivity contribution >= 4 is 17.5 Å². The normalized spacial score (nSPS) is 18.2. The lowest BCUT2D eigenvalue weighted by Crippen LogP contribution is -2.45. The average molecular weight is 464 g/mol. The van der Waals surface area contributed by atoms with Crippen molar-refractivity contribution in [3.05, 3.63) is 70.1 Å². The SMILES string of the molecule is N#Cc1ccc(-c2cc(C(=O)N3CCC[C@@H](N)C3)nn2-c2ccc(C3CC3)cc2Cl)cc1F. The van der Waals surface area contributed by atoms with Crippen LogP contribution >= 0.6 is 11.6 Å². The van der Waals surface area contributed by atoms with Crippen LogP contribution in [0.25, 0.3) is 16.9 Å². The molecule has 1 amide bonds. The minimum Gasteiger partial charge on any atom is -0.336 e. The maximum Gasteiger partial charge on any atom is 0.274 e. The standard InChI is InChI=1S/C25H23ClFN5O/c26-20-10-16(15-3-4-15)7-8-23(20)32-24(17-5-6-18(13-28)21(27)11-17)12-22(30-32)25(33)31-9-1-2-19(29)14-31/h5-8,10-12,15,19H,1-4,9,14,29H2/t19-/m1/s1. The Morgan fingerprint density at radius 1 is 1.18 bits per heavy atom. The topological polar surface area (TPSA) is 87.9 Å². The van der Waals surface area contributed by atoms with Gasteiger partial charge in [0, 0.05) is 24.7 Å². The fourth-order valence-corrected chi connectivity index (χ4v) is 4.63. The first-order chi connectivity index (χ1) is 15.9. The number of halogens is 2. The smallest absolute Gasteiger partial charge is 0.274 e. The predicted octanol–water partition coefficient (Wildman–Crippen LogP) is 4.64. The van der Waals surface area contributed by atoms with E-state index in [2.05, 4.69) is 5.10 Å². The maximum atomic E-state index is 14.4. The van der Waals surface area contributed by atoms with E-state index in [-0.39, 0.29) is 23.2 Å². The number of carbonyl (C=O) groups excluding carboxylic acids is 1. The van der Waals surface area contributed by atoms with Gasteiger partial charge in [-0.2, -0.15) is 10.4 Å². The Morgan fingerprint density at radius 2 is 2.00 bits per heavy atom. The summed E-state index contributed by atoms with van der Waals surface area (Å²) in [6.45, 7) is 1.10. The molecule has 2 N–H and O–H groups in total. The highest BCUT2D eigenvalue weighted by Crippen LogP contribution is 2.42. The minimum atomic E-state index is -0.632. The van der Waals surface area contributed by atoms with Crippen molar-refractivity contribution in [3.8, 4) is 23.0 Å². The molecule has 1 saturated heterocycles. The van der Waals surface area contributed by atoms with Crippen LogP contribution in [-0.2, 0) is 0 Å². The second-order valence-electron chi connectivity index (χ2n) is 8.77. The summed E-state index contributed by atoms with van der Waals surface area (Å²) in [5.41, 5.74) is 9.06. The predicted molar refractivity (Wildman–Crippen MR) is 124 cm³/mol. The molecule has 1 saturated carbocycles. The van der Waals surface area contributed by atoms with E-state index >= 15 is 0 Å². The summed E-state index contributed by atoms with van der Waals surface area (Å²) < 4.78 is 16.0. The van der Waals surface area contributed by atoms with Gasteiger partial charge >= 0.3 is 0 Å². The second-order valence-corrected chi connectivity index (χ2v) is 9.18. The molecule has 1 atom stereocenters. The van der Waals surface area contributed by atoms with Gasteiger partial charge in [0.25, 0.3) is 5.91 Å². The molecule has 1 aromatic heterocycles. The molecule has 0 radical (unpaired) electrons. The molecule has 8 heteroatoms. The maximum absolute atomic E-state index is 14.4. The fourth-order valence-electron chi connectivity index (χ4n) is 4.36. The van der Waals surface area contributed by atoms with Gasteiger partial charge < -0.3 is 10.6 Å². The van der Waals surface area contributed by atoms with Crippen LogP contribution in [0.4, 0.5) is 4.39 Å². The van der Waals surface area contributed by atoms with E-state index in [0.717, 1.165) is 25.7 Å². The number of hydrogen-bond donors (Lipinski definition) is 1. The number of nitrogens with two attached hydrogens (primary N) is 1. The van der Waals surface area contributed by atoms with Crippen LogP contribution < -0.4 is 5.73 Å². The Kier molecular flexibility index (Phi) is 5.65. The number of likely N-dealkylation sites (tertiary alicyclic amines) is 1. The highest BCUT2D eigenvalue weighted by atomic mass is 35.5. The molecule has 5 rings (SSSR count). The number of hydrogen-bond acceptors (Lipinski definition) is 4. The first kappa shape index (κ1) is 21.6. The van der Waals surface area contributed by atoms with E-state index in [0.29, 0.717) is 41.0 Å². The highest BCUT2D eigenvalue weighted by Gasteiger charge is 2.27. The van der Waals surface area contributed by atoms with E-state index in [4.69, 9.17) is 22.6 Å². The van der Waals surface area contributed by atoms with Crippen molar-refractivity contribution < 1.29 is 9.18 Å². The summed E-state index contributed by atoms with van der Waals surface area (Å²) in [5.74, 6) is -0.306. The summed E-state index contributed by atoms with van der Waals surface area (Å²) in [6.07, 6.45) is 4.04. The van der Waals surface area contributed by atoms with Crippen LogP contribution in [0.3, 0.4) is 0 Å². The highest BCUT2D eigenvalue weighted by molar-refractivity contribution is 6.32. The van der Waals surface area contributed by atoms with E-state index in [1.54, 1.807) is 21.7 Å². The van der Waals surface area contributed by atoms with E-state index < -0.39 is 5.82 Å². The molecule has 3 aromatic rings. The summed E-state index contributed by atoms with van der Waals surface area (Å²) >= 11 is 6.64. The summed E-state index contributed by atoms with van der Waals surface area (Å²) in [4.78, 5) is 14.9. The van der Waals surface area contributed by atoms with Crippen LogP contribution in [0.5, 0.6) is 0 Å². The lowest BCUT2D eigenvalue weighted by molar-refractivity contribution is 0.0702. The third kappa shape index (κ3) is 4.24. The number of nitriles is 1. The van der Waals surface area contributed by atoms with Crippen LogP contribution in [0, 0.1) is 17.1 Å². The molecule has 0 unspecified atom stereocenters. The molecule has 0 spiro atoms. The number of piperidine rings is 1. The largest absolute Gasteiger partial charge is 0.336 e. The van der Waals surface area contributed by atoms with Gasteiger partial charge in [0.05, 0.1) is 22.0 Å². The Hall–Kier alpha value is -3.21. The molecule has 6 nitrogen and oxygen atoms in total. The molecule has 33 heavy (non-hydrogen) atoms.